The van der Waals surface area contributed by atoms with Gasteiger partial charge in [-0.05, 0) is 37.3 Å². The first-order valence-corrected chi connectivity index (χ1v) is 10.8. The zero-order chi connectivity index (χ0) is 21.4. The smallest absolute Gasteiger partial charge is 0.289 e. The summed E-state index contributed by atoms with van der Waals surface area (Å²) in [5, 5.41) is 0.949. The maximum atomic E-state index is 13.0. The first kappa shape index (κ1) is 20.7. The van der Waals surface area contributed by atoms with Gasteiger partial charge in [0.05, 0.1) is 5.39 Å². The van der Waals surface area contributed by atoms with Crippen LogP contribution in [-0.2, 0) is 6.54 Å². The van der Waals surface area contributed by atoms with E-state index in [0.29, 0.717) is 40.9 Å². The van der Waals surface area contributed by atoms with Crippen LogP contribution < -0.4 is 5.43 Å². The number of likely N-dealkylation sites (tertiary alicyclic amines) is 1. The van der Waals surface area contributed by atoms with Crippen LogP contribution >= 0.6 is 11.6 Å². The number of aromatic nitrogens is 2. The summed E-state index contributed by atoms with van der Waals surface area (Å²) in [5.41, 5.74) is 0.921. The highest BCUT2D eigenvalue weighted by molar-refractivity contribution is 6.32. The average molecular weight is 428 g/mol. The molecular formula is C23H26ClN3O3. The second-order valence-corrected chi connectivity index (χ2v) is 8.81. The molecule has 1 aromatic carbocycles. The molecule has 0 saturated carbocycles. The number of hydrogen-bond acceptors (Lipinski definition) is 4. The molecule has 0 aliphatic carbocycles. The van der Waals surface area contributed by atoms with Gasteiger partial charge < -0.3 is 13.9 Å². The third kappa shape index (κ3) is 4.01. The quantitative estimate of drug-likeness (QED) is 0.608. The third-order valence-electron chi connectivity index (χ3n) is 5.84. The lowest BCUT2D eigenvalue weighted by molar-refractivity contribution is 0.0651. The predicted molar refractivity (Wildman–Crippen MR) is 117 cm³/mol. The lowest BCUT2D eigenvalue weighted by Gasteiger charge is -2.32. The topological polar surface area (TPSA) is 68.3 Å². The molecule has 0 bridgehead atoms. The molecule has 1 saturated heterocycles. The van der Waals surface area contributed by atoms with Crippen LogP contribution in [0.3, 0.4) is 0 Å². The highest BCUT2D eigenvalue weighted by atomic mass is 35.5. The molecule has 3 aromatic rings. The fraction of sp³-hybridized carbons (Fsp3) is 0.435. The van der Waals surface area contributed by atoms with Crippen molar-refractivity contribution in [2.45, 2.75) is 46.1 Å². The Labute approximate surface area is 180 Å². The number of halogens is 1. The Morgan fingerprint density at radius 1 is 1.27 bits per heavy atom. The number of rotatable bonds is 4. The van der Waals surface area contributed by atoms with E-state index in [1.807, 2.05) is 19.3 Å². The third-order valence-corrected chi connectivity index (χ3v) is 6.25. The monoisotopic (exact) mass is 427 g/mol. The van der Waals surface area contributed by atoms with Crippen molar-refractivity contribution >= 4 is 28.5 Å². The second kappa shape index (κ2) is 8.26. The average Bonchev–Trinajstić information content (AvgIpc) is 3.18. The number of fused-ring (bicyclic) bond motifs is 1. The zero-order valence-electron chi connectivity index (χ0n) is 17.5. The Morgan fingerprint density at radius 2 is 2.00 bits per heavy atom. The SMILES string of the molecule is Cc1cc2c(=O)cc(C(=O)N3CCC(Cn4ccnc4C(C)C)CC3)oc2cc1Cl. The summed E-state index contributed by atoms with van der Waals surface area (Å²) in [6.07, 6.45) is 5.70. The fourth-order valence-electron chi connectivity index (χ4n) is 4.12. The first-order chi connectivity index (χ1) is 14.3. The standard InChI is InChI=1S/C23H26ClN3O3/c1-14(2)22-25-6-9-27(22)13-16-4-7-26(8-5-16)23(29)21-12-19(28)17-10-15(3)18(24)11-20(17)30-21/h6,9-12,14,16H,4-5,7-8,13H2,1-3H3. The van der Waals surface area contributed by atoms with Gasteiger partial charge in [-0.15, -0.1) is 0 Å². The summed E-state index contributed by atoms with van der Waals surface area (Å²) < 4.78 is 7.98. The number of benzene rings is 1. The summed E-state index contributed by atoms with van der Waals surface area (Å²) in [6.45, 7) is 8.33. The van der Waals surface area contributed by atoms with E-state index >= 15 is 0 Å². The normalized spacial score (nSPS) is 15.3. The maximum absolute atomic E-state index is 13.0. The van der Waals surface area contributed by atoms with Crippen molar-refractivity contribution in [3.05, 3.63) is 63.0 Å². The summed E-state index contributed by atoms with van der Waals surface area (Å²) in [5.74, 6) is 1.80. The van der Waals surface area contributed by atoms with E-state index in [4.69, 9.17) is 16.0 Å². The number of amides is 1. The van der Waals surface area contributed by atoms with Crippen LogP contribution in [0.25, 0.3) is 11.0 Å². The Morgan fingerprint density at radius 3 is 2.70 bits per heavy atom. The Bertz CT molecular complexity index is 1140. The second-order valence-electron chi connectivity index (χ2n) is 8.40. The summed E-state index contributed by atoms with van der Waals surface area (Å²) >= 11 is 6.16. The van der Waals surface area contributed by atoms with E-state index in [2.05, 4.69) is 23.4 Å². The van der Waals surface area contributed by atoms with Crippen LogP contribution in [0.1, 0.15) is 54.5 Å². The van der Waals surface area contributed by atoms with Crippen molar-refractivity contribution in [1.29, 1.82) is 0 Å². The molecule has 6 nitrogen and oxygen atoms in total. The summed E-state index contributed by atoms with van der Waals surface area (Å²) in [4.78, 5) is 31.7. The molecule has 1 aliphatic rings. The molecule has 0 radical (unpaired) electrons. The van der Waals surface area contributed by atoms with Crippen LogP contribution in [0.5, 0.6) is 0 Å². The van der Waals surface area contributed by atoms with E-state index in [0.717, 1.165) is 30.8 Å². The number of carbonyl (C=O) groups excluding carboxylic acids is 1. The number of aryl methyl sites for hydroxylation is 1. The lowest BCUT2D eigenvalue weighted by Crippen LogP contribution is -2.39. The van der Waals surface area contributed by atoms with E-state index in [1.165, 1.54) is 6.07 Å². The molecule has 1 aliphatic heterocycles. The van der Waals surface area contributed by atoms with Gasteiger partial charge in [-0.2, -0.15) is 0 Å². The van der Waals surface area contributed by atoms with Crippen molar-refractivity contribution in [2.24, 2.45) is 5.92 Å². The van der Waals surface area contributed by atoms with Crippen LogP contribution in [0.15, 0.2) is 39.8 Å². The number of imidazole rings is 1. The number of carbonyl (C=O) groups is 1. The van der Waals surface area contributed by atoms with Gasteiger partial charge in [0.15, 0.2) is 11.2 Å². The molecule has 0 spiro atoms. The van der Waals surface area contributed by atoms with Gasteiger partial charge in [-0.1, -0.05) is 25.4 Å². The minimum absolute atomic E-state index is 0.0718. The molecule has 4 rings (SSSR count). The Balaban J connectivity index is 1.46. The molecular weight excluding hydrogens is 402 g/mol. The van der Waals surface area contributed by atoms with Crippen molar-refractivity contribution in [1.82, 2.24) is 14.5 Å². The van der Waals surface area contributed by atoms with Gasteiger partial charge in [0, 0.05) is 55.1 Å². The summed E-state index contributed by atoms with van der Waals surface area (Å²) in [6, 6.07) is 4.60. The lowest BCUT2D eigenvalue weighted by atomic mass is 9.96. The van der Waals surface area contributed by atoms with Gasteiger partial charge in [-0.25, -0.2) is 4.98 Å². The first-order valence-electron chi connectivity index (χ1n) is 10.4. The van der Waals surface area contributed by atoms with Gasteiger partial charge in [-0.3, -0.25) is 9.59 Å². The predicted octanol–water partition coefficient (Wildman–Crippen LogP) is 4.63. The minimum Gasteiger partial charge on any atom is -0.451 e. The minimum atomic E-state index is -0.241. The van der Waals surface area contributed by atoms with Crippen LogP contribution in [0.2, 0.25) is 5.02 Å². The van der Waals surface area contributed by atoms with Gasteiger partial charge in [0.1, 0.15) is 11.4 Å². The molecule has 7 heteroatoms. The van der Waals surface area contributed by atoms with E-state index in [1.54, 1.807) is 17.0 Å². The van der Waals surface area contributed by atoms with E-state index in [-0.39, 0.29) is 17.1 Å². The molecule has 0 N–H and O–H groups in total. The zero-order valence-corrected chi connectivity index (χ0v) is 18.3. The van der Waals surface area contributed by atoms with Gasteiger partial charge in [0.2, 0.25) is 0 Å². The molecule has 0 unspecified atom stereocenters. The van der Waals surface area contributed by atoms with Crippen molar-refractivity contribution in [3.8, 4) is 0 Å². The highest BCUT2D eigenvalue weighted by Gasteiger charge is 2.26. The largest absolute Gasteiger partial charge is 0.451 e. The molecule has 1 fully saturated rings. The van der Waals surface area contributed by atoms with Crippen molar-refractivity contribution in [2.75, 3.05) is 13.1 Å². The van der Waals surface area contributed by atoms with Crippen LogP contribution in [0.4, 0.5) is 0 Å². The van der Waals surface area contributed by atoms with Crippen LogP contribution in [-0.4, -0.2) is 33.4 Å². The van der Waals surface area contributed by atoms with E-state index < -0.39 is 0 Å². The molecule has 0 atom stereocenters. The van der Waals surface area contributed by atoms with E-state index in [9.17, 15) is 9.59 Å². The van der Waals surface area contributed by atoms with Crippen molar-refractivity contribution < 1.29 is 9.21 Å². The molecule has 158 valence electrons. The van der Waals surface area contributed by atoms with Crippen molar-refractivity contribution in [3.63, 3.8) is 0 Å². The van der Waals surface area contributed by atoms with Gasteiger partial charge in [0.25, 0.3) is 5.91 Å². The molecule has 30 heavy (non-hydrogen) atoms. The fourth-order valence-corrected chi connectivity index (χ4v) is 4.27. The Hall–Kier alpha value is -2.60. The molecule has 2 aromatic heterocycles. The highest BCUT2D eigenvalue weighted by Crippen LogP contribution is 2.25. The summed E-state index contributed by atoms with van der Waals surface area (Å²) in [7, 11) is 0. The number of hydrogen-bond donors (Lipinski definition) is 0. The van der Waals surface area contributed by atoms with Gasteiger partial charge >= 0.3 is 0 Å². The number of piperidine rings is 1. The van der Waals surface area contributed by atoms with Crippen LogP contribution in [0, 0.1) is 12.8 Å². The molecule has 3 heterocycles. The maximum Gasteiger partial charge on any atom is 0.289 e. The number of nitrogens with zero attached hydrogens (tertiary/aromatic N) is 3. The Kier molecular flexibility index (Phi) is 5.69. The molecule has 1 amide bonds.